The number of likely N-dealkylation sites (N-methyl/N-ethyl adjacent to an activating group) is 1. The van der Waals surface area contributed by atoms with Gasteiger partial charge in [0.25, 0.3) is 0 Å². The number of halogens is 6. The molecule has 36 heavy (non-hydrogen) atoms. The number of aromatic nitrogens is 2. The van der Waals surface area contributed by atoms with Gasteiger partial charge in [-0.15, -0.1) is 0 Å². The first-order valence-corrected chi connectivity index (χ1v) is 10.7. The summed E-state index contributed by atoms with van der Waals surface area (Å²) in [6, 6.07) is 5.44. The Bertz CT molecular complexity index is 923. The summed E-state index contributed by atoms with van der Waals surface area (Å²) in [5, 5.41) is 18.6. The number of carboxylic acid groups (broad SMARTS) is 2. The average Bonchev–Trinajstić information content (AvgIpc) is 3.51. The Hall–Kier alpha value is -3.07. The van der Waals surface area contributed by atoms with E-state index in [0.717, 1.165) is 25.0 Å². The third-order valence-corrected chi connectivity index (χ3v) is 5.88. The zero-order valence-electron chi connectivity index (χ0n) is 19.1. The number of furan rings is 1. The molecule has 202 valence electrons. The molecule has 0 bridgehead atoms. The lowest BCUT2D eigenvalue weighted by atomic mass is 9.92. The average molecular weight is 528 g/mol. The molecular formula is C21H26F6N4O5. The highest BCUT2D eigenvalue weighted by molar-refractivity contribution is 5.73. The van der Waals surface area contributed by atoms with Crippen molar-refractivity contribution in [1.82, 2.24) is 19.6 Å². The molecule has 9 nitrogen and oxygen atoms in total. The summed E-state index contributed by atoms with van der Waals surface area (Å²) >= 11 is 0. The van der Waals surface area contributed by atoms with Gasteiger partial charge >= 0.3 is 24.3 Å². The fourth-order valence-electron chi connectivity index (χ4n) is 4.26. The van der Waals surface area contributed by atoms with Crippen LogP contribution in [0.1, 0.15) is 18.4 Å². The number of hydrogen-bond donors (Lipinski definition) is 2. The topological polar surface area (TPSA) is 112 Å². The lowest BCUT2D eigenvalue weighted by molar-refractivity contribution is -0.193. The summed E-state index contributed by atoms with van der Waals surface area (Å²) in [6.45, 7) is 4.42. The molecule has 2 aliphatic heterocycles. The number of fused-ring (bicyclic) bond motifs is 1. The van der Waals surface area contributed by atoms with Crippen molar-refractivity contribution in [3.8, 4) is 0 Å². The van der Waals surface area contributed by atoms with Crippen molar-refractivity contribution < 1.29 is 50.6 Å². The predicted octanol–water partition coefficient (Wildman–Crippen LogP) is 3.34. The highest BCUT2D eigenvalue weighted by Gasteiger charge is 2.42. The first-order chi connectivity index (χ1) is 16.7. The Morgan fingerprint density at radius 2 is 1.75 bits per heavy atom. The van der Waals surface area contributed by atoms with Gasteiger partial charge < -0.3 is 14.6 Å². The molecule has 2 saturated heterocycles. The van der Waals surface area contributed by atoms with Crippen LogP contribution in [0.3, 0.4) is 0 Å². The van der Waals surface area contributed by atoms with Gasteiger partial charge in [-0.05, 0) is 44.5 Å². The number of likely N-dealkylation sites (tertiary alicyclic amines) is 2. The van der Waals surface area contributed by atoms with Gasteiger partial charge in [0.2, 0.25) is 0 Å². The molecule has 15 heteroatoms. The van der Waals surface area contributed by atoms with Gasteiger partial charge in [-0.3, -0.25) is 14.5 Å². The SMILES string of the molecule is CN1[C@H](Cn2cccn2)C[C@@H]2CN(Cc3ccoc3)CC[C@@H]21.O=C(O)C(F)(F)F.O=C(O)C(F)(F)F. The van der Waals surface area contributed by atoms with E-state index in [1.807, 2.05) is 18.5 Å². The summed E-state index contributed by atoms with van der Waals surface area (Å²) in [5.74, 6) is -4.73. The maximum atomic E-state index is 10.6. The summed E-state index contributed by atoms with van der Waals surface area (Å²) in [4.78, 5) is 23.0. The molecule has 2 fully saturated rings. The van der Waals surface area contributed by atoms with Crippen molar-refractivity contribution in [2.45, 2.75) is 50.4 Å². The van der Waals surface area contributed by atoms with Gasteiger partial charge in [0.05, 0.1) is 19.1 Å². The minimum absolute atomic E-state index is 0.615. The van der Waals surface area contributed by atoms with Gasteiger partial charge in [-0.1, -0.05) is 0 Å². The second-order valence-corrected chi connectivity index (χ2v) is 8.37. The molecule has 0 unspecified atom stereocenters. The van der Waals surface area contributed by atoms with Gasteiger partial charge in [0, 0.05) is 43.1 Å². The zero-order chi connectivity index (χ0) is 27.1. The minimum atomic E-state index is -5.08. The van der Waals surface area contributed by atoms with E-state index >= 15 is 0 Å². The van der Waals surface area contributed by atoms with Crippen LogP contribution in [0.15, 0.2) is 41.5 Å². The number of hydrogen-bond acceptors (Lipinski definition) is 6. The Balaban J connectivity index is 0.000000271. The Morgan fingerprint density at radius 1 is 1.14 bits per heavy atom. The molecule has 0 spiro atoms. The molecular weight excluding hydrogens is 502 g/mol. The van der Waals surface area contributed by atoms with Gasteiger partial charge in [0.15, 0.2) is 0 Å². The summed E-state index contributed by atoms with van der Waals surface area (Å²) < 4.78 is 70.7. The first-order valence-electron chi connectivity index (χ1n) is 10.7. The normalized spacial score (nSPS) is 22.6. The first kappa shape index (κ1) is 29.2. The van der Waals surface area contributed by atoms with Crippen LogP contribution in [-0.2, 0) is 22.7 Å². The summed E-state index contributed by atoms with van der Waals surface area (Å²) in [5.41, 5.74) is 1.29. The van der Waals surface area contributed by atoms with Crippen molar-refractivity contribution in [3.05, 3.63) is 42.6 Å². The van der Waals surface area contributed by atoms with Gasteiger partial charge in [-0.25, -0.2) is 9.59 Å². The maximum Gasteiger partial charge on any atom is 0.490 e. The second-order valence-electron chi connectivity index (χ2n) is 8.37. The summed E-state index contributed by atoms with van der Waals surface area (Å²) in [7, 11) is 2.30. The minimum Gasteiger partial charge on any atom is -0.475 e. The number of piperidine rings is 1. The molecule has 2 aliphatic rings. The fourth-order valence-corrected chi connectivity index (χ4v) is 4.26. The molecule has 0 radical (unpaired) electrons. The highest BCUT2D eigenvalue weighted by Crippen LogP contribution is 2.35. The van der Waals surface area contributed by atoms with Crippen molar-refractivity contribution in [3.63, 3.8) is 0 Å². The molecule has 2 aromatic heterocycles. The van der Waals surface area contributed by atoms with E-state index in [-0.39, 0.29) is 0 Å². The molecule has 2 N–H and O–H groups in total. The number of rotatable bonds is 4. The number of carboxylic acids is 2. The molecule has 0 saturated carbocycles. The van der Waals surface area contributed by atoms with Crippen LogP contribution >= 0.6 is 0 Å². The third kappa shape index (κ3) is 8.86. The van der Waals surface area contributed by atoms with E-state index in [2.05, 4.69) is 38.9 Å². The maximum absolute atomic E-state index is 10.6. The predicted molar refractivity (Wildman–Crippen MR) is 112 cm³/mol. The number of nitrogens with zero attached hydrogens (tertiary/aromatic N) is 4. The molecule has 0 amide bonds. The molecule has 0 aromatic carbocycles. The van der Waals surface area contributed by atoms with Crippen LogP contribution in [0.4, 0.5) is 26.3 Å². The molecule has 2 aromatic rings. The quantitative estimate of drug-likeness (QED) is 0.582. The number of aliphatic carboxylic acids is 2. The highest BCUT2D eigenvalue weighted by atomic mass is 19.4. The fraction of sp³-hybridized carbons (Fsp3) is 0.571. The van der Waals surface area contributed by atoms with Crippen LogP contribution in [0, 0.1) is 5.92 Å². The number of carbonyl (C=O) groups is 2. The molecule has 4 heterocycles. The van der Waals surface area contributed by atoms with Crippen LogP contribution in [0.2, 0.25) is 0 Å². The molecule has 4 rings (SSSR count). The van der Waals surface area contributed by atoms with E-state index < -0.39 is 24.3 Å². The van der Waals surface area contributed by atoms with Crippen molar-refractivity contribution >= 4 is 11.9 Å². The van der Waals surface area contributed by atoms with E-state index in [0.29, 0.717) is 6.04 Å². The smallest absolute Gasteiger partial charge is 0.475 e. The van der Waals surface area contributed by atoms with Crippen LogP contribution < -0.4 is 0 Å². The monoisotopic (exact) mass is 528 g/mol. The zero-order valence-corrected chi connectivity index (χ0v) is 19.1. The van der Waals surface area contributed by atoms with Crippen molar-refractivity contribution in [2.24, 2.45) is 5.92 Å². The van der Waals surface area contributed by atoms with Crippen LogP contribution in [-0.4, -0.2) is 86.3 Å². The van der Waals surface area contributed by atoms with E-state index in [1.165, 1.54) is 31.5 Å². The van der Waals surface area contributed by atoms with Crippen LogP contribution in [0.25, 0.3) is 0 Å². The van der Waals surface area contributed by atoms with E-state index in [4.69, 9.17) is 24.2 Å². The van der Waals surface area contributed by atoms with Crippen molar-refractivity contribution in [2.75, 3.05) is 20.1 Å². The second kappa shape index (κ2) is 12.3. The largest absolute Gasteiger partial charge is 0.490 e. The van der Waals surface area contributed by atoms with Crippen molar-refractivity contribution in [1.29, 1.82) is 0 Å². The number of alkyl halides is 6. The standard InChI is InChI=1S/C17H24N4O.2C2HF3O2/c1-19-16(12-21-6-2-5-18-21)9-15-11-20(7-3-17(15)19)10-14-4-8-22-13-14;2*3-2(4,5)1(6)7/h2,4-6,8,13,15-17H,3,7,9-12H2,1H3;2*(H,6,7)/t15-,16+,17+;;/m1../s1. The van der Waals surface area contributed by atoms with Gasteiger partial charge in [0.1, 0.15) is 0 Å². The Kier molecular flexibility index (Phi) is 9.93. The lowest BCUT2D eigenvalue weighted by Gasteiger charge is -2.37. The summed E-state index contributed by atoms with van der Waals surface area (Å²) in [6.07, 6.45) is -0.0356. The van der Waals surface area contributed by atoms with Gasteiger partial charge in [-0.2, -0.15) is 31.4 Å². The van der Waals surface area contributed by atoms with E-state index in [1.54, 1.807) is 6.26 Å². The Morgan fingerprint density at radius 3 is 2.22 bits per heavy atom. The molecule has 3 atom stereocenters. The Labute approximate surface area is 201 Å². The lowest BCUT2D eigenvalue weighted by Crippen LogP contribution is -2.45. The third-order valence-electron chi connectivity index (χ3n) is 5.88. The molecule has 0 aliphatic carbocycles. The van der Waals surface area contributed by atoms with Crippen LogP contribution in [0.5, 0.6) is 0 Å². The van der Waals surface area contributed by atoms with E-state index in [9.17, 15) is 26.3 Å².